The first kappa shape index (κ1) is 15.6. The number of aliphatic imine (C=N–C) groups is 1. The van der Waals surface area contributed by atoms with E-state index >= 15 is 0 Å². The van der Waals surface area contributed by atoms with Crippen molar-refractivity contribution in [3.05, 3.63) is 0 Å². The molecule has 0 aromatic heterocycles. The number of rotatable bonds is 4. The van der Waals surface area contributed by atoms with Gasteiger partial charge >= 0.3 is 0 Å². The van der Waals surface area contributed by atoms with Gasteiger partial charge in [-0.05, 0) is 19.8 Å². The standard InChI is InChI=1S/C14H25N3O3S/c1-2-15-14-17-10-12(19)11(18)9(20-13(10)21-14)7-16-8-5-3-4-6-8/h8-13,16,18-19H,2-7H2,1H3,(H,15,17). The number of nitrogens with zero attached hydrogens (tertiary/aromatic N) is 1. The van der Waals surface area contributed by atoms with Crippen molar-refractivity contribution in [2.45, 2.75) is 68.4 Å². The van der Waals surface area contributed by atoms with E-state index in [1.165, 1.54) is 37.4 Å². The average Bonchev–Trinajstić information content (AvgIpc) is 3.11. The highest BCUT2D eigenvalue weighted by Gasteiger charge is 2.48. The molecule has 1 saturated carbocycles. The number of amidine groups is 1. The fourth-order valence-electron chi connectivity index (χ4n) is 3.28. The van der Waals surface area contributed by atoms with Crippen molar-refractivity contribution in [3.8, 4) is 0 Å². The fourth-order valence-corrected chi connectivity index (χ4v) is 4.48. The zero-order chi connectivity index (χ0) is 14.8. The third-order valence-corrected chi connectivity index (χ3v) is 5.59. The molecular weight excluding hydrogens is 290 g/mol. The quantitative estimate of drug-likeness (QED) is 0.586. The summed E-state index contributed by atoms with van der Waals surface area (Å²) < 4.78 is 5.98. The van der Waals surface area contributed by atoms with Crippen LogP contribution in [-0.4, -0.2) is 64.3 Å². The Morgan fingerprint density at radius 2 is 2.10 bits per heavy atom. The van der Waals surface area contributed by atoms with Gasteiger partial charge in [-0.1, -0.05) is 24.6 Å². The van der Waals surface area contributed by atoms with Gasteiger partial charge in [0.1, 0.15) is 23.7 Å². The van der Waals surface area contributed by atoms with Crippen LogP contribution in [0.4, 0.5) is 0 Å². The first-order valence-electron chi connectivity index (χ1n) is 7.91. The third-order valence-electron chi connectivity index (χ3n) is 4.48. The fraction of sp³-hybridized carbons (Fsp3) is 0.929. The maximum Gasteiger partial charge on any atom is 0.159 e. The molecule has 2 saturated heterocycles. The van der Waals surface area contributed by atoms with E-state index in [1.807, 2.05) is 6.92 Å². The van der Waals surface area contributed by atoms with Crippen LogP contribution in [0, 0.1) is 0 Å². The van der Waals surface area contributed by atoms with E-state index in [2.05, 4.69) is 15.6 Å². The van der Waals surface area contributed by atoms with Gasteiger partial charge in [0.25, 0.3) is 0 Å². The smallest absolute Gasteiger partial charge is 0.159 e. The summed E-state index contributed by atoms with van der Waals surface area (Å²) in [5.74, 6) is 0. The van der Waals surface area contributed by atoms with Crippen molar-refractivity contribution in [2.75, 3.05) is 13.1 Å². The number of thioether (sulfide) groups is 1. The van der Waals surface area contributed by atoms with Crippen molar-refractivity contribution >= 4 is 16.9 Å². The molecule has 0 aromatic rings. The van der Waals surface area contributed by atoms with E-state index in [9.17, 15) is 10.2 Å². The van der Waals surface area contributed by atoms with Gasteiger partial charge < -0.3 is 25.6 Å². The van der Waals surface area contributed by atoms with E-state index in [4.69, 9.17) is 4.74 Å². The molecule has 1 aliphatic carbocycles. The third kappa shape index (κ3) is 3.37. The number of fused-ring (bicyclic) bond motifs is 1. The highest BCUT2D eigenvalue weighted by Crippen LogP contribution is 2.33. The molecule has 0 radical (unpaired) electrons. The summed E-state index contributed by atoms with van der Waals surface area (Å²) in [4.78, 5) is 4.32. The molecule has 2 heterocycles. The number of aliphatic hydroxyl groups excluding tert-OH is 2. The lowest BCUT2D eigenvalue weighted by Crippen LogP contribution is -2.61. The van der Waals surface area contributed by atoms with E-state index in [0.29, 0.717) is 19.1 Å². The summed E-state index contributed by atoms with van der Waals surface area (Å²) in [6.07, 6.45) is 2.88. The van der Waals surface area contributed by atoms with Crippen LogP contribution in [0.5, 0.6) is 0 Å². The van der Waals surface area contributed by atoms with Crippen molar-refractivity contribution < 1.29 is 14.9 Å². The number of ether oxygens (including phenoxy) is 1. The molecule has 21 heavy (non-hydrogen) atoms. The van der Waals surface area contributed by atoms with Gasteiger partial charge in [0, 0.05) is 19.1 Å². The largest absolute Gasteiger partial charge is 0.388 e. The predicted octanol–water partition coefficient (Wildman–Crippen LogP) is 0.0462. The second kappa shape index (κ2) is 6.83. The normalized spacial score (nSPS) is 42.2. The van der Waals surface area contributed by atoms with Crippen LogP contribution in [0.3, 0.4) is 0 Å². The summed E-state index contributed by atoms with van der Waals surface area (Å²) in [5.41, 5.74) is -0.177. The summed E-state index contributed by atoms with van der Waals surface area (Å²) in [6.45, 7) is 3.25. The van der Waals surface area contributed by atoms with Crippen molar-refractivity contribution in [3.63, 3.8) is 0 Å². The zero-order valence-corrected chi connectivity index (χ0v) is 13.2. The van der Waals surface area contributed by atoms with Crippen LogP contribution in [0.15, 0.2) is 4.99 Å². The Kier molecular flexibility index (Phi) is 5.06. The number of hydrogen-bond donors (Lipinski definition) is 4. The van der Waals surface area contributed by atoms with Crippen LogP contribution < -0.4 is 10.6 Å². The molecule has 2 aliphatic heterocycles. The molecule has 0 aromatic carbocycles. The van der Waals surface area contributed by atoms with Crippen LogP contribution >= 0.6 is 11.8 Å². The van der Waals surface area contributed by atoms with Gasteiger partial charge in [-0.25, -0.2) is 0 Å². The minimum Gasteiger partial charge on any atom is -0.388 e. The summed E-state index contributed by atoms with van der Waals surface area (Å²) >= 11 is 1.50. The lowest BCUT2D eigenvalue weighted by molar-refractivity contribution is -0.154. The molecule has 0 spiro atoms. The number of nitrogens with one attached hydrogen (secondary N) is 2. The van der Waals surface area contributed by atoms with Crippen molar-refractivity contribution in [1.82, 2.24) is 10.6 Å². The summed E-state index contributed by atoms with van der Waals surface area (Å²) in [6, 6.07) is 0.250. The number of hydrogen-bond acceptors (Lipinski definition) is 6. The Morgan fingerprint density at radius 1 is 1.33 bits per heavy atom. The predicted molar refractivity (Wildman–Crippen MR) is 83.4 cm³/mol. The molecule has 3 rings (SSSR count). The Bertz CT molecular complexity index is 390. The minimum atomic E-state index is -0.866. The van der Waals surface area contributed by atoms with Crippen LogP contribution in [-0.2, 0) is 4.74 Å². The van der Waals surface area contributed by atoms with Crippen LogP contribution in [0.25, 0.3) is 0 Å². The van der Waals surface area contributed by atoms with Gasteiger partial charge in [-0.3, -0.25) is 4.99 Å². The van der Waals surface area contributed by atoms with Crippen LogP contribution in [0.1, 0.15) is 32.6 Å². The first-order chi connectivity index (χ1) is 10.2. The maximum atomic E-state index is 10.3. The molecule has 0 amide bonds. The Morgan fingerprint density at radius 3 is 2.81 bits per heavy atom. The van der Waals surface area contributed by atoms with Gasteiger partial charge in [0.15, 0.2) is 5.17 Å². The second-order valence-corrected chi connectivity index (χ2v) is 7.07. The zero-order valence-electron chi connectivity index (χ0n) is 12.4. The van der Waals surface area contributed by atoms with Gasteiger partial charge in [-0.2, -0.15) is 0 Å². The van der Waals surface area contributed by atoms with Crippen molar-refractivity contribution in [1.29, 1.82) is 0 Å². The molecular formula is C14H25N3O3S. The Hall–Kier alpha value is -0.340. The molecule has 5 unspecified atom stereocenters. The van der Waals surface area contributed by atoms with E-state index < -0.39 is 12.2 Å². The number of aliphatic hydroxyl groups is 2. The van der Waals surface area contributed by atoms with Crippen molar-refractivity contribution in [2.24, 2.45) is 4.99 Å². The van der Waals surface area contributed by atoms with Crippen LogP contribution in [0.2, 0.25) is 0 Å². The van der Waals surface area contributed by atoms with Gasteiger partial charge in [0.05, 0.1) is 6.04 Å². The topological polar surface area (TPSA) is 86.1 Å². The molecule has 0 bridgehead atoms. The van der Waals surface area contributed by atoms with E-state index in [1.54, 1.807) is 0 Å². The Balaban J connectivity index is 1.58. The first-order valence-corrected chi connectivity index (χ1v) is 8.79. The summed E-state index contributed by atoms with van der Waals surface area (Å²) in [5, 5.41) is 28.0. The van der Waals surface area contributed by atoms with E-state index in [0.717, 1.165) is 5.17 Å². The minimum absolute atomic E-state index is 0.177. The molecule has 7 heteroatoms. The lowest BCUT2D eigenvalue weighted by Gasteiger charge is -2.39. The van der Waals surface area contributed by atoms with Gasteiger partial charge in [-0.15, -0.1) is 0 Å². The average molecular weight is 315 g/mol. The highest BCUT2D eigenvalue weighted by molar-refractivity contribution is 8.14. The monoisotopic (exact) mass is 315 g/mol. The second-order valence-electron chi connectivity index (χ2n) is 5.98. The van der Waals surface area contributed by atoms with Gasteiger partial charge in [0.2, 0.25) is 0 Å². The SMILES string of the molecule is CCN=C1NC2C(OC(CNC3CCCC3)C(O)C2O)S1. The maximum absolute atomic E-state index is 10.3. The highest BCUT2D eigenvalue weighted by atomic mass is 32.2. The summed E-state index contributed by atoms with van der Waals surface area (Å²) in [7, 11) is 0. The molecule has 3 aliphatic rings. The molecule has 5 atom stereocenters. The molecule has 4 N–H and O–H groups in total. The molecule has 120 valence electrons. The Labute approximate surface area is 129 Å². The molecule has 6 nitrogen and oxygen atoms in total. The lowest BCUT2D eigenvalue weighted by atomic mass is 9.97. The van der Waals surface area contributed by atoms with E-state index in [-0.39, 0.29) is 17.6 Å². The molecule has 3 fully saturated rings.